The molecule has 0 bridgehead atoms. The SMILES string of the molecule is O=C(CN1C(=O)NC2(CCCC2)C1=O)Nc1ccc(F)cc1[N+](=O)[O-]. The van der Waals surface area contributed by atoms with Crippen LogP contribution in [0.3, 0.4) is 0 Å². The van der Waals surface area contributed by atoms with Gasteiger partial charge < -0.3 is 10.6 Å². The van der Waals surface area contributed by atoms with Crippen molar-refractivity contribution >= 4 is 29.2 Å². The number of rotatable bonds is 4. The number of halogens is 1. The Morgan fingerprint density at radius 3 is 2.68 bits per heavy atom. The number of amides is 4. The molecular weight excluding hydrogens is 335 g/mol. The highest BCUT2D eigenvalue weighted by Crippen LogP contribution is 2.35. The van der Waals surface area contributed by atoms with E-state index >= 15 is 0 Å². The lowest BCUT2D eigenvalue weighted by Crippen LogP contribution is -2.44. The van der Waals surface area contributed by atoms with Gasteiger partial charge in [0.25, 0.3) is 11.6 Å². The van der Waals surface area contributed by atoms with Crippen molar-refractivity contribution in [3.8, 4) is 0 Å². The van der Waals surface area contributed by atoms with E-state index in [9.17, 15) is 28.9 Å². The van der Waals surface area contributed by atoms with E-state index in [4.69, 9.17) is 0 Å². The number of carbonyl (C=O) groups excluding carboxylic acids is 3. The van der Waals surface area contributed by atoms with E-state index in [0.29, 0.717) is 18.9 Å². The monoisotopic (exact) mass is 350 g/mol. The summed E-state index contributed by atoms with van der Waals surface area (Å²) in [5.74, 6) is -2.06. The van der Waals surface area contributed by atoms with Crippen LogP contribution in [0.2, 0.25) is 0 Å². The number of urea groups is 1. The molecule has 10 heteroatoms. The zero-order valence-electron chi connectivity index (χ0n) is 13.1. The van der Waals surface area contributed by atoms with E-state index in [2.05, 4.69) is 10.6 Å². The molecule has 0 atom stereocenters. The molecule has 1 aliphatic carbocycles. The lowest BCUT2D eigenvalue weighted by atomic mass is 9.98. The van der Waals surface area contributed by atoms with E-state index in [-0.39, 0.29) is 5.69 Å². The van der Waals surface area contributed by atoms with Gasteiger partial charge in [-0.1, -0.05) is 12.8 Å². The molecule has 2 N–H and O–H groups in total. The Morgan fingerprint density at radius 2 is 2.04 bits per heavy atom. The lowest BCUT2D eigenvalue weighted by molar-refractivity contribution is -0.384. The molecule has 4 amide bonds. The van der Waals surface area contributed by atoms with Crippen LogP contribution in [0, 0.1) is 15.9 Å². The van der Waals surface area contributed by atoms with Crippen LogP contribution in [0.25, 0.3) is 0 Å². The minimum Gasteiger partial charge on any atom is -0.323 e. The zero-order valence-corrected chi connectivity index (χ0v) is 13.1. The lowest BCUT2D eigenvalue weighted by Gasteiger charge is -2.19. The van der Waals surface area contributed by atoms with Crippen molar-refractivity contribution in [1.29, 1.82) is 0 Å². The number of nitrogens with zero attached hydrogens (tertiary/aromatic N) is 2. The summed E-state index contributed by atoms with van der Waals surface area (Å²) < 4.78 is 13.1. The van der Waals surface area contributed by atoms with Crippen molar-refractivity contribution in [3.05, 3.63) is 34.1 Å². The maximum Gasteiger partial charge on any atom is 0.325 e. The summed E-state index contributed by atoms with van der Waals surface area (Å²) in [6.45, 7) is -0.569. The fourth-order valence-electron chi connectivity index (χ4n) is 3.23. The molecule has 1 aromatic rings. The summed E-state index contributed by atoms with van der Waals surface area (Å²) in [6, 6.07) is 2.03. The highest BCUT2D eigenvalue weighted by molar-refractivity contribution is 6.10. The highest BCUT2D eigenvalue weighted by Gasteiger charge is 2.52. The van der Waals surface area contributed by atoms with Crippen molar-refractivity contribution in [2.45, 2.75) is 31.2 Å². The maximum atomic E-state index is 13.1. The molecule has 1 aromatic carbocycles. The smallest absolute Gasteiger partial charge is 0.323 e. The average Bonchev–Trinajstić information content (AvgIpc) is 3.10. The second kappa shape index (κ2) is 6.11. The molecule has 0 radical (unpaired) electrons. The Kier molecular flexibility index (Phi) is 4.11. The van der Waals surface area contributed by atoms with Crippen LogP contribution in [-0.2, 0) is 9.59 Å². The number of nitro benzene ring substituents is 1. The Bertz CT molecular complexity index is 775. The summed E-state index contributed by atoms with van der Waals surface area (Å²) in [5, 5.41) is 15.8. The van der Waals surface area contributed by atoms with Crippen LogP contribution in [0.5, 0.6) is 0 Å². The number of nitro groups is 1. The van der Waals surface area contributed by atoms with Crippen LogP contribution >= 0.6 is 0 Å². The number of anilines is 1. The summed E-state index contributed by atoms with van der Waals surface area (Å²) in [6.07, 6.45) is 2.68. The van der Waals surface area contributed by atoms with Gasteiger partial charge in [0, 0.05) is 0 Å². The van der Waals surface area contributed by atoms with Gasteiger partial charge in [0.15, 0.2) is 0 Å². The largest absolute Gasteiger partial charge is 0.325 e. The number of nitrogens with one attached hydrogen (secondary N) is 2. The first-order chi connectivity index (χ1) is 11.8. The van der Waals surface area contributed by atoms with Crippen molar-refractivity contribution in [1.82, 2.24) is 10.2 Å². The summed E-state index contributed by atoms with van der Waals surface area (Å²) in [5.41, 5.74) is -1.75. The third kappa shape index (κ3) is 3.02. The Labute approximate surface area is 141 Å². The predicted molar refractivity (Wildman–Crippen MR) is 83.1 cm³/mol. The number of benzene rings is 1. The number of imide groups is 1. The quantitative estimate of drug-likeness (QED) is 0.484. The first kappa shape index (κ1) is 16.8. The van der Waals surface area contributed by atoms with Crippen LogP contribution in [0.1, 0.15) is 25.7 Å². The molecule has 2 fully saturated rings. The minimum absolute atomic E-state index is 0.209. The molecule has 1 saturated carbocycles. The highest BCUT2D eigenvalue weighted by atomic mass is 19.1. The van der Waals surface area contributed by atoms with E-state index in [1.807, 2.05) is 0 Å². The Morgan fingerprint density at radius 1 is 1.36 bits per heavy atom. The fraction of sp³-hybridized carbons (Fsp3) is 0.400. The second-order valence-electron chi connectivity index (χ2n) is 6.08. The average molecular weight is 350 g/mol. The topological polar surface area (TPSA) is 122 Å². The maximum absolute atomic E-state index is 13.1. The van der Waals surface area contributed by atoms with E-state index in [0.717, 1.165) is 29.9 Å². The molecule has 2 aliphatic rings. The van der Waals surface area contributed by atoms with Crippen molar-refractivity contribution in [2.24, 2.45) is 0 Å². The van der Waals surface area contributed by atoms with Gasteiger partial charge in [-0.3, -0.25) is 24.6 Å². The standard InChI is InChI=1S/C15H15FN4O5/c16-9-3-4-10(11(7-9)20(24)25)17-12(21)8-19-13(22)15(18-14(19)23)5-1-2-6-15/h3-4,7H,1-2,5-6,8H2,(H,17,21)(H,18,23). The molecule has 1 saturated heterocycles. The van der Waals surface area contributed by atoms with Gasteiger partial charge in [0.2, 0.25) is 5.91 Å². The fourth-order valence-corrected chi connectivity index (χ4v) is 3.23. The van der Waals surface area contributed by atoms with Gasteiger partial charge in [0.1, 0.15) is 23.6 Å². The number of carbonyl (C=O) groups is 3. The molecule has 0 aromatic heterocycles. The van der Waals surface area contributed by atoms with Gasteiger partial charge >= 0.3 is 6.03 Å². The van der Waals surface area contributed by atoms with E-state index in [1.165, 1.54) is 0 Å². The molecule has 1 spiro atoms. The Balaban J connectivity index is 1.72. The number of hydrogen-bond acceptors (Lipinski definition) is 5. The zero-order chi connectivity index (χ0) is 18.2. The molecule has 25 heavy (non-hydrogen) atoms. The van der Waals surface area contributed by atoms with Gasteiger partial charge in [-0.2, -0.15) is 0 Å². The van der Waals surface area contributed by atoms with E-state index in [1.54, 1.807) is 0 Å². The number of hydrogen-bond donors (Lipinski definition) is 2. The molecule has 9 nitrogen and oxygen atoms in total. The first-order valence-electron chi connectivity index (χ1n) is 7.70. The summed E-state index contributed by atoms with van der Waals surface area (Å²) >= 11 is 0. The Hall–Kier alpha value is -3.04. The molecule has 1 aliphatic heterocycles. The van der Waals surface area contributed by atoms with Crippen molar-refractivity contribution in [3.63, 3.8) is 0 Å². The molecule has 0 unspecified atom stereocenters. The first-order valence-corrected chi connectivity index (χ1v) is 7.70. The van der Waals surface area contributed by atoms with Crippen LogP contribution in [0.15, 0.2) is 18.2 Å². The van der Waals surface area contributed by atoms with Crippen LogP contribution in [-0.4, -0.2) is 39.8 Å². The molecule has 132 valence electrons. The molecular formula is C15H15FN4O5. The second-order valence-corrected chi connectivity index (χ2v) is 6.08. The van der Waals surface area contributed by atoms with E-state index < -0.39 is 46.4 Å². The molecule has 3 rings (SSSR count). The third-order valence-electron chi connectivity index (χ3n) is 4.44. The summed E-state index contributed by atoms with van der Waals surface area (Å²) in [7, 11) is 0. The molecule has 1 heterocycles. The van der Waals surface area contributed by atoms with Crippen molar-refractivity contribution in [2.75, 3.05) is 11.9 Å². The summed E-state index contributed by atoms with van der Waals surface area (Å²) in [4.78, 5) is 47.5. The van der Waals surface area contributed by atoms with Crippen molar-refractivity contribution < 1.29 is 23.7 Å². The predicted octanol–water partition coefficient (Wildman–Crippen LogP) is 1.54. The van der Waals surface area contributed by atoms with Gasteiger partial charge in [-0.25, -0.2) is 9.18 Å². The van der Waals surface area contributed by atoms with Crippen LogP contribution < -0.4 is 10.6 Å². The van der Waals surface area contributed by atoms with Gasteiger partial charge in [-0.15, -0.1) is 0 Å². The van der Waals surface area contributed by atoms with Gasteiger partial charge in [-0.05, 0) is 25.0 Å². The minimum atomic E-state index is -0.931. The van der Waals surface area contributed by atoms with Crippen LogP contribution in [0.4, 0.5) is 20.6 Å². The third-order valence-corrected chi connectivity index (χ3v) is 4.44. The van der Waals surface area contributed by atoms with Gasteiger partial charge in [0.05, 0.1) is 11.0 Å². The normalized spacial score (nSPS) is 18.5.